The Hall–Kier alpha value is -1.84. The van der Waals surface area contributed by atoms with Gasteiger partial charge in [0, 0.05) is 24.5 Å². The van der Waals surface area contributed by atoms with Crippen LogP contribution in [0.15, 0.2) is 24.4 Å². The molecule has 4 nitrogen and oxygen atoms in total. The van der Waals surface area contributed by atoms with Gasteiger partial charge in [-0.3, -0.25) is 9.48 Å². The maximum absolute atomic E-state index is 11.6. The van der Waals surface area contributed by atoms with Gasteiger partial charge in [-0.05, 0) is 24.6 Å². The van der Waals surface area contributed by atoms with Crippen LogP contribution in [0.3, 0.4) is 0 Å². The summed E-state index contributed by atoms with van der Waals surface area (Å²) in [5.41, 5.74) is 1.86. The van der Waals surface area contributed by atoms with E-state index in [1.54, 1.807) is 4.68 Å². The molecule has 2 aromatic rings. The Morgan fingerprint density at radius 1 is 1.47 bits per heavy atom. The number of fused-ring (bicyclic) bond motifs is 1. The lowest BCUT2D eigenvalue weighted by atomic mass is 10.2. The second kappa shape index (κ2) is 4.99. The van der Waals surface area contributed by atoms with Gasteiger partial charge in [0.1, 0.15) is 0 Å². The first-order valence-corrected chi connectivity index (χ1v) is 5.92. The first kappa shape index (κ1) is 11.6. The summed E-state index contributed by atoms with van der Waals surface area (Å²) >= 11 is 0. The number of hydrogen-bond acceptors (Lipinski definition) is 2. The molecule has 0 aliphatic carbocycles. The summed E-state index contributed by atoms with van der Waals surface area (Å²) in [5.74, 6) is 0.0772. The van der Waals surface area contributed by atoms with Crippen molar-refractivity contribution in [2.75, 3.05) is 5.32 Å². The summed E-state index contributed by atoms with van der Waals surface area (Å²) in [7, 11) is 1.89. The van der Waals surface area contributed by atoms with Crippen LogP contribution in [0, 0.1) is 0 Å². The molecule has 1 aromatic heterocycles. The van der Waals surface area contributed by atoms with Crippen LogP contribution < -0.4 is 5.32 Å². The zero-order valence-corrected chi connectivity index (χ0v) is 10.2. The number of aromatic nitrogens is 2. The number of carbonyl (C=O) groups excluding carboxylic acids is 1. The summed E-state index contributed by atoms with van der Waals surface area (Å²) in [5, 5.41) is 8.16. The Kier molecular flexibility index (Phi) is 3.42. The third-order valence-electron chi connectivity index (χ3n) is 2.79. The summed E-state index contributed by atoms with van der Waals surface area (Å²) in [4.78, 5) is 11.6. The lowest BCUT2D eigenvalue weighted by molar-refractivity contribution is -0.116. The van der Waals surface area contributed by atoms with Crippen molar-refractivity contribution >= 4 is 22.5 Å². The van der Waals surface area contributed by atoms with Crippen molar-refractivity contribution in [3.8, 4) is 0 Å². The van der Waals surface area contributed by atoms with E-state index in [1.807, 2.05) is 31.4 Å². The predicted molar refractivity (Wildman–Crippen MR) is 68.9 cm³/mol. The Bertz CT molecular complexity index is 530. The van der Waals surface area contributed by atoms with E-state index in [9.17, 15) is 4.79 Å². The van der Waals surface area contributed by atoms with Crippen molar-refractivity contribution in [2.45, 2.75) is 26.2 Å². The van der Waals surface area contributed by atoms with Crippen molar-refractivity contribution in [3.63, 3.8) is 0 Å². The van der Waals surface area contributed by atoms with Gasteiger partial charge in [-0.2, -0.15) is 5.10 Å². The lowest BCUT2D eigenvalue weighted by Gasteiger charge is -2.05. The van der Waals surface area contributed by atoms with E-state index in [-0.39, 0.29) is 5.91 Å². The summed E-state index contributed by atoms with van der Waals surface area (Å²) in [6.45, 7) is 2.08. The molecule has 0 aliphatic heterocycles. The molecule has 1 aromatic carbocycles. The smallest absolute Gasteiger partial charge is 0.224 e. The zero-order chi connectivity index (χ0) is 12.3. The predicted octanol–water partition coefficient (Wildman–Crippen LogP) is 2.70. The van der Waals surface area contributed by atoms with Crippen molar-refractivity contribution in [3.05, 3.63) is 24.4 Å². The molecular formula is C13H17N3O. The zero-order valence-electron chi connectivity index (χ0n) is 10.2. The fraction of sp³-hybridized carbons (Fsp3) is 0.385. The summed E-state index contributed by atoms with van der Waals surface area (Å²) in [6, 6.07) is 5.83. The van der Waals surface area contributed by atoms with Crippen LogP contribution in [-0.4, -0.2) is 15.7 Å². The quantitative estimate of drug-likeness (QED) is 0.879. The molecule has 1 heterocycles. The minimum atomic E-state index is 0.0772. The molecule has 17 heavy (non-hydrogen) atoms. The van der Waals surface area contributed by atoms with Crippen LogP contribution in [-0.2, 0) is 11.8 Å². The van der Waals surface area contributed by atoms with E-state index in [0.717, 1.165) is 29.4 Å². The number of aryl methyl sites for hydroxylation is 1. The normalized spacial score (nSPS) is 10.7. The van der Waals surface area contributed by atoms with E-state index in [0.29, 0.717) is 6.42 Å². The largest absolute Gasteiger partial charge is 0.326 e. The Balaban J connectivity index is 2.13. The van der Waals surface area contributed by atoms with Gasteiger partial charge in [0.05, 0.1) is 11.7 Å². The number of unbranched alkanes of at least 4 members (excludes halogenated alkanes) is 1. The van der Waals surface area contributed by atoms with Gasteiger partial charge >= 0.3 is 0 Å². The Morgan fingerprint density at radius 3 is 3.06 bits per heavy atom. The first-order chi connectivity index (χ1) is 8.20. The van der Waals surface area contributed by atoms with Gasteiger partial charge in [0.15, 0.2) is 0 Å². The van der Waals surface area contributed by atoms with Crippen molar-refractivity contribution in [1.29, 1.82) is 0 Å². The molecule has 0 aliphatic rings. The number of rotatable bonds is 4. The molecule has 0 atom stereocenters. The molecule has 0 saturated heterocycles. The average molecular weight is 231 g/mol. The maximum Gasteiger partial charge on any atom is 0.224 e. The van der Waals surface area contributed by atoms with Crippen molar-refractivity contribution in [2.24, 2.45) is 7.05 Å². The Morgan fingerprint density at radius 2 is 2.29 bits per heavy atom. The number of nitrogens with one attached hydrogen (secondary N) is 1. The molecule has 0 radical (unpaired) electrons. The minimum Gasteiger partial charge on any atom is -0.326 e. The fourth-order valence-electron chi connectivity index (χ4n) is 1.78. The molecule has 1 amide bonds. The summed E-state index contributed by atoms with van der Waals surface area (Å²) < 4.78 is 1.80. The standard InChI is InChI=1S/C13H17N3O/c1-3-4-5-13(17)15-11-7-6-10-9-14-16(2)12(10)8-11/h6-9H,3-5H2,1-2H3,(H,15,17). The van der Waals surface area contributed by atoms with Gasteiger partial charge in [-0.15, -0.1) is 0 Å². The fourth-order valence-corrected chi connectivity index (χ4v) is 1.78. The second-order valence-corrected chi connectivity index (χ2v) is 4.19. The van der Waals surface area contributed by atoms with Gasteiger partial charge in [-0.25, -0.2) is 0 Å². The molecule has 0 bridgehead atoms. The summed E-state index contributed by atoms with van der Waals surface area (Å²) in [6.07, 6.45) is 4.37. The molecule has 1 N–H and O–H groups in total. The SMILES string of the molecule is CCCCC(=O)Nc1ccc2cnn(C)c2c1. The first-order valence-electron chi connectivity index (χ1n) is 5.92. The highest BCUT2D eigenvalue weighted by atomic mass is 16.1. The van der Waals surface area contributed by atoms with E-state index < -0.39 is 0 Å². The van der Waals surface area contributed by atoms with Crippen LogP contribution in [0.4, 0.5) is 5.69 Å². The lowest BCUT2D eigenvalue weighted by Crippen LogP contribution is -2.10. The van der Waals surface area contributed by atoms with E-state index in [1.165, 1.54) is 0 Å². The van der Waals surface area contributed by atoms with Gasteiger partial charge in [0.2, 0.25) is 5.91 Å². The van der Waals surface area contributed by atoms with E-state index in [2.05, 4.69) is 17.3 Å². The third kappa shape index (κ3) is 2.64. The van der Waals surface area contributed by atoms with Crippen LogP contribution in [0.25, 0.3) is 10.9 Å². The molecule has 4 heteroatoms. The number of hydrogen-bond donors (Lipinski definition) is 1. The molecule has 0 unspecified atom stereocenters. The Labute approximate surface area is 101 Å². The van der Waals surface area contributed by atoms with Crippen LogP contribution in [0.1, 0.15) is 26.2 Å². The van der Waals surface area contributed by atoms with Crippen molar-refractivity contribution in [1.82, 2.24) is 9.78 Å². The highest BCUT2D eigenvalue weighted by molar-refractivity contribution is 5.93. The number of nitrogens with zero attached hydrogens (tertiary/aromatic N) is 2. The average Bonchev–Trinajstić information content (AvgIpc) is 2.68. The van der Waals surface area contributed by atoms with E-state index >= 15 is 0 Å². The van der Waals surface area contributed by atoms with Crippen LogP contribution >= 0.6 is 0 Å². The van der Waals surface area contributed by atoms with Gasteiger partial charge < -0.3 is 5.32 Å². The molecule has 2 rings (SSSR count). The van der Waals surface area contributed by atoms with Gasteiger partial charge in [-0.1, -0.05) is 13.3 Å². The number of amides is 1. The molecule has 0 fully saturated rings. The monoisotopic (exact) mass is 231 g/mol. The van der Waals surface area contributed by atoms with E-state index in [4.69, 9.17) is 0 Å². The topological polar surface area (TPSA) is 46.9 Å². The van der Waals surface area contributed by atoms with Crippen molar-refractivity contribution < 1.29 is 4.79 Å². The van der Waals surface area contributed by atoms with Gasteiger partial charge in [0.25, 0.3) is 0 Å². The highest BCUT2D eigenvalue weighted by Gasteiger charge is 2.04. The second-order valence-electron chi connectivity index (χ2n) is 4.19. The van der Waals surface area contributed by atoms with Crippen LogP contribution in [0.2, 0.25) is 0 Å². The molecular weight excluding hydrogens is 214 g/mol. The molecule has 0 spiro atoms. The van der Waals surface area contributed by atoms with Crippen LogP contribution in [0.5, 0.6) is 0 Å². The minimum absolute atomic E-state index is 0.0772. The highest BCUT2D eigenvalue weighted by Crippen LogP contribution is 2.18. The number of carbonyl (C=O) groups is 1. The number of anilines is 1. The molecule has 0 saturated carbocycles. The molecule has 90 valence electrons. The third-order valence-corrected chi connectivity index (χ3v) is 2.79. The number of benzene rings is 1. The maximum atomic E-state index is 11.6.